The maximum absolute atomic E-state index is 13.8. The summed E-state index contributed by atoms with van der Waals surface area (Å²) in [7, 11) is 0. The van der Waals surface area contributed by atoms with Crippen LogP contribution in [0.2, 0.25) is 0 Å². The molecule has 1 saturated heterocycles. The summed E-state index contributed by atoms with van der Waals surface area (Å²) in [6.45, 7) is 0.662. The fraction of sp³-hybridized carbons (Fsp3) is 0.350. The van der Waals surface area contributed by atoms with E-state index in [4.69, 9.17) is 4.74 Å². The predicted octanol–water partition coefficient (Wildman–Crippen LogP) is 1.32. The molecule has 0 radical (unpaired) electrons. The maximum atomic E-state index is 13.8. The lowest BCUT2D eigenvalue weighted by molar-refractivity contribution is 0.0323. The van der Waals surface area contributed by atoms with E-state index in [2.05, 4.69) is 5.32 Å². The first-order valence-electron chi connectivity index (χ1n) is 9.54. The van der Waals surface area contributed by atoms with Gasteiger partial charge in [-0.15, -0.1) is 0 Å². The minimum Gasteiger partial charge on any atom is -0.503 e. The van der Waals surface area contributed by atoms with Crippen molar-refractivity contribution in [1.82, 2.24) is 14.8 Å². The van der Waals surface area contributed by atoms with E-state index in [1.54, 1.807) is 0 Å². The highest BCUT2D eigenvalue weighted by Crippen LogP contribution is 2.28. The van der Waals surface area contributed by atoms with Gasteiger partial charge < -0.3 is 24.6 Å². The van der Waals surface area contributed by atoms with E-state index < -0.39 is 64.2 Å². The number of nitrogens with zero attached hydrogens (tertiary/aromatic N) is 2. The molecule has 1 fully saturated rings. The van der Waals surface area contributed by atoms with Crippen molar-refractivity contribution in [2.45, 2.75) is 19.0 Å². The highest BCUT2D eigenvalue weighted by atomic mass is 19.1. The van der Waals surface area contributed by atoms with Crippen molar-refractivity contribution in [3.05, 3.63) is 62.8 Å². The molecule has 1 aromatic heterocycles. The van der Waals surface area contributed by atoms with Gasteiger partial charge in [-0.3, -0.25) is 14.4 Å². The van der Waals surface area contributed by atoms with Crippen LogP contribution in [0.25, 0.3) is 0 Å². The number of carbonyl (C=O) groups is 2. The van der Waals surface area contributed by atoms with E-state index in [0.717, 1.165) is 6.20 Å². The second kappa shape index (κ2) is 8.06. The van der Waals surface area contributed by atoms with Crippen molar-refractivity contribution in [3.8, 4) is 5.75 Å². The summed E-state index contributed by atoms with van der Waals surface area (Å²) in [4.78, 5) is 39.4. The number of rotatable bonds is 3. The first-order valence-corrected chi connectivity index (χ1v) is 9.54. The smallest absolute Gasteiger partial charge is 0.274 e. The van der Waals surface area contributed by atoms with Gasteiger partial charge in [-0.05, 0) is 6.42 Å². The standard InChI is InChI=1S/C20H18F3N3O5/c21-10-4-14(22)12(15(23)5-10)6-24-19(29)13-8-26-11-7-25(2-1-3-31-9-11)20(30)16(26)18(28)17(13)27/h4-5,8,11,28H,1-3,6-7,9H2,(H,24,29). The molecule has 1 aromatic carbocycles. The summed E-state index contributed by atoms with van der Waals surface area (Å²) in [5.74, 6) is -5.93. The topological polar surface area (TPSA) is 101 Å². The quantitative estimate of drug-likeness (QED) is 0.755. The minimum absolute atomic E-state index is 0.201. The Bertz CT molecular complexity index is 1110. The van der Waals surface area contributed by atoms with E-state index in [0.29, 0.717) is 31.7 Å². The molecule has 31 heavy (non-hydrogen) atoms. The van der Waals surface area contributed by atoms with Gasteiger partial charge in [0.25, 0.3) is 11.8 Å². The van der Waals surface area contributed by atoms with Gasteiger partial charge in [0.05, 0.1) is 12.6 Å². The molecule has 1 unspecified atom stereocenters. The lowest BCUT2D eigenvalue weighted by atomic mass is 10.1. The van der Waals surface area contributed by atoms with Crippen molar-refractivity contribution in [1.29, 1.82) is 0 Å². The molecule has 2 aromatic rings. The third-order valence-corrected chi connectivity index (χ3v) is 5.33. The number of amides is 2. The summed E-state index contributed by atoms with van der Waals surface area (Å²) in [5, 5.41) is 12.6. The van der Waals surface area contributed by atoms with Crippen LogP contribution in [0.1, 0.15) is 38.9 Å². The Labute approximate surface area is 173 Å². The highest BCUT2D eigenvalue weighted by Gasteiger charge is 2.36. The summed E-state index contributed by atoms with van der Waals surface area (Å²) in [5.41, 5.74) is -2.42. The lowest BCUT2D eigenvalue weighted by Gasteiger charge is -2.37. The molecule has 2 aliphatic heterocycles. The molecular formula is C20H18F3N3O5. The van der Waals surface area contributed by atoms with Gasteiger partial charge in [0.1, 0.15) is 23.0 Å². The van der Waals surface area contributed by atoms with Crippen LogP contribution in [-0.2, 0) is 11.3 Å². The molecule has 0 spiro atoms. The van der Waals surface area contributed by atoms with E-state index in [-0.39, 0.29) is 18.8 Å². The van der Waals surface area contributed by atoms with Crippen LogP contribution in [-0.4, -0.2) is 52.7 Å². The number of aromatic hydroxyl groups is 1. The third-order valence-electron chi connectivity index (χ3n) is 5.33. The Kier molecular flexibility index (Phi) is 5.44. The molecule has 8 nitrogen and oxygen atoms in total. The van der Waals surface area contributed by atoms with E-state index in [9.17, 15) is 32.7 Å². The second-order valence-corrected chi connectivity index (χ2v) is 7.34. The van der Waals surface area contributed by atoms with Gasteiger partial charge >= 0.3 is 0 Å². The molecule has 2 amide bonds. The number of hydrogen-bond acceptors (Lipinski definition) is 5. The van der Waals surface area contributed by atoms with Gasteiger partial charge in [-0.2, -0.15) is 0 Å². The van der Waals surface area contributed by atoms with Crippen molar-refractivity contribution in [2.75, 3.05) is 26.3 Å². The van der Waals surface area contributed by atoms with E-state index in [1.807, 2.05) is 0 Å². The number of carbonyl (C=O) groups excluding carboxylic acids is 2. The summed E-state index contributed by atoms with van der Waals surface area (Å²) < 4.78 is 47.5. The molecule has 2 N–H and O–H groups in total. The fourth-order valence-electron chi connectivity index (χ4n) is 3.76. The normalized spacial score (nSPS) is 18.2. The number of ether oxygens (including phenoxy) is 1. The van der Waals surface area contributed by atoms with Crippen molar-refractivity contribution >= 4 is 11.8 Å². The molecule has 2 aliphatic rings. The van der Waals surface area contributed by atoms with Gasteiger partial charge in [-0.25, -0.2) is 13.2 Å². The van der Waals surface area contributed by atoms with Crippen molar-refractivity contribution < 1.29 is 32.6 Å². The Morgan fingerprint density at radius 3 is 2.65 bits per heavy atom. The zero-order valence-electron chi connectivity index (χ0n) is 16.2. The summed E-state index contributed by atoms with van der Waals surface area (Å²) in [6.07, 6.45) is 1.75. The minimum atomic E-state index is -1.19. The molecule has 11 heteroatoms. The van der Waals surface area contributed by atoms with Gasteiger partial charge in [0.2, 0.25) is 5.43 Å². The van der Waals surface area contributed by atoms with Crippen LogP contribution in [0.3, 0.4) is 0 Å². The number of aromatic nitrogens is 1. The number of hydrogen-bond donors (Lipinski definition) is 2. The Morgan fingerprint density at radius 2 is 1.94 bits per heavy atom. The number of benzene rings is 1. The average Bonchev–Trinajstić information content (AvgIpc) is 2.68. The molecule has 3 heterocycles. The first kappa shape index (κ1) is 20.9. The summed E-state index contributed by atoms with van der Waals surface area (Å²) in [6, 6.07) is 0.504. The fourth-order valence-corrected chi connectivity index (χ4v) is 3.76. The highest BCUT2D eigenvalue weighted by molar-refractivity contribution is 5.99. The zero-order valence-corrected chi connectivity index (χ0v) is 16.2. The SMILES string of the molecule is O=C(NCc1c(F)cc(F)cc1F)c1cn2c(c(O)c1=O)C(=O)N1CCCOCC2C1. The van der Waals surface area contributed by atoms with Crippen molar-refractivity contribution in [2.24, 2.45) is 0 Å². The number of nitrogens with one attached hydrogen (secondary N) is 1. The van der Waals surface area contributed by atoms with Crippen molar-refractivity contribution in [3.63, 3.8) is 0 Å². The second-order valence-electron chi connectivity index (χ2n) is 7.34. The molecule has 0 aliphatic carbocycles. The zero-order chi connectivity index (χ0) is 22.3. The lowest BCUT2D eigenvalue weighted by Crippen LogP contribution is -2.48. The monoisotopic (exact) mass is 437 g/mol. The van der Waals surface area contributed by atoms with Crippen LogP contribution in [0.5, 0.6) is 5.75 Å². The Morgan fingerprint density at radius 1 is 1.23 bits per heavy atom. The first-order chi connectivity index (χ1) is 14.8. The molecule has 0 saturated carbocycles. The number of fused-ring (bicyclic) bond motifs is 4. The average molecular weight is 437 g/mol. The van der Waals surface area contributed by atoms with Crippen LogP contribution >= 0.6 is 0 Å². The molecule has 4 rings (SSSR count). The molecule has 2 bridgehead atoms. The largest absolute Gasteiger partial charge is 0.503 e. The van der Waals surface area contributed by atoms with Gasteiger partial charge in [0.15, 0.2) is 11.4 Å². The number of pyridine rings is 1. The van der Waals surface area contributed by atoms with Crippen LogP contribution < -0.4 is 10.7 Å². The predicted molar refractivity (Wildman–Crippen MR) is 100 cm³/mol. The van der Waals surface area contributed by atoms with E-state index in [1.165, 1.54) is 9.47 Å². The van der Waals surface area contributed by atoms with Crippen LogP contribution in [0.15, 0.2) is 23.1 Å². The van der Waals surface area contributed by atoms with Gasteiger partial charge in [-0.1, -0.05) is 0 Å². The Hall–Kier alpha value is -3.34. The molecule has 1 atom stereocenters. The van der Waals surface area contributed by atoms with Gasteiger partial charge in [0, 0.05) is 50.1 Å². The third kappa shape index (κ3) is 3.76. The van der Waals surface area contributed by atoms with Crippen LogP contribution in [0, 0.1) is 17.5 Å². The molecule has 164 valence electrons. The summed E-state index contributed by atoms with van der Waals surface area (Å²) >= 11 is 0. The molecular weight excluding hydrogens is 419 g/mol. The van der Waals surface area contributed by atoms with E-state index >= 15 is 0 Å². The number of halogens is 3. The Balaban J connectivity index is 1.66. The maximum Gasteiger partial charge on any atom is 0.274 e. The van der Waals surface area contributed by atoms with Crippen LogP contribution in [0.4, 0.5) is 13.2 Å².